The van der Waals surface area contributed by atoms with E-state index in [1.807, 2.05) is 12.1 Å². The van der Waals surface area contributed by atoms with Crippen molar-refractivity contribution in [1.82, 2.24) is 10.2 Å². The molecule has 2 N–H and O–H groups in total. The van der Waals surface area contributed by atoms with Gasteiger partial charge in [-0.2, -0.15) is 0 Å². The Bertz CT molecular complexity index is 974. The van der Waals surface area contributed by atoms with Gasteiger partial charge in [0.05, 0.1) is 0 Å². The third-order valence-electron chi connectivity index (χ3n) is 6.23. The number of hydrogen-bond acceptors (Lipinski definition) is 4. The van der Waals surface area contributed by atoms with Gasteiger partial charge in [0.15, 0.2) is 11.6 Å². The quantitative estimate of drug-likeness (QED) is 0.377. The number of likely N-dealkylation sites (tertiary alicyclic amines) is 1. The minimum Gasteiger partial charge on any atom is -0.338 e. The van der Waals surface area contributed by atoms with Crippen molar-refractivity contribution in [3.05, 3.63) is 65.0 Å². The number of anilines is 1. The molecule has 1 unspecified atom stereocenters. The number of ketones is 2. The number of Topliss-reactive ketones (excluding diaryl/α,β-unsaturated/α-hetero) is 2. The van der Waals surface area contributed by atoms with Crippen molar-refractivity contribution in [1.29, 1.82) is 0 Å². The molecule has 2 aromatic rings. The normalized spacial score (nSPS) is 16.1. The summed E-state index contributed by atoms with van der Waals surface area (Å²) in [5.74, 6) is 0.0730. The molecule has 6 nitrogen and oxygen atoms in total. The molecule has 3 rings (SSSR count). The maximum atomic E-state index is 13.1. The lowest BCUT2D eigenvalue weighted by molar-refractivity contribution is 0.101. The zero-order valence-corrected chi connectivity index (χ0v) is 20.0. The first-order chi connectivity index (χ1) is 16.3. The molecule has 0 bridgehead atoms. The first kappa shape index (κ1) is 25.6. The molecule has 0 spiro atoms. The van der Waals surface area contributed by atoms with Gasteiger partial charge in [-0.05, 0) is 101 Å². The Kier molecular flexibility index (Phi) is 9.33. The van der Waals surface area contributed by atoms with Crippen LogP contribution in [0.3, 0.4) is 0 Å². The lowest BCUT2D eigenvalue weighted by atomic mass is 9.91. The van der Waals surface area contributed by atoms with Gasteiger partial charge in [0, 0.05) is 29.9 Å². The standard InChI is InChI=1S/C27H34FN3O3/c1-19(32)23-15-24(20(2)33)17-26(16-23)30-27(34)29-11-3-4-12-31-13-5-6-22(18-31)14-21-7-9-25(28)10-8-21/h7-10,15-17,22H,3-6,11-14,18H2,1-2H3,(H2,29,30,34). The first-order valence-corrected chi connectivity index (χ1v) is 12.0. The third-order valence-corrected chi connectivity index (χ3v) is 6.23. The fraction of sp³-hybridized carbons (Fsp3) is 0.444. The number of amides is 2. The SMILES string of the molecule is CC(=O)c1cc(NC(=O)NCCCCN2CCCC(Cc3ccc(F)cc3)C2)cc(C(C)=O)c1. The highest BCUT2D eigenvalue weighted by atomic mass is 19.1. The molecule has 1 aliphatic heterocycles. The van der Waals surface area contributed by atoms with Crippen molar-refractivity contribution in [2.24, 2.45) is 5.92 Å². The summed E-state index contributed by atoms with van der Waals surface area (Å²) >= 11 is 0. The van der Waals surface area contributed by atoms with Crippen LogP contribution >= 0.6 is 0 Å². The Morgan fingerprint density at radius 3 is 2.32 bits per heavy atom. The summed E-state index contributed by atoms with van der Waals surface area (Å²) in [6.07, 6.45) is 5.20. The number of rotatable bonds is 10. The number of nitrogens with one attached hydrogen (secondary N) is 2. The topological polar surface area (TPSA) is 78.5 Å². The van der Waals surface area contributed by atoms with E-state index >= 15 is 0 Å². The van der Waals surface area contributed by atoms with E-state index in [9.17, 15) is 18.8 Å². The van der Waals surface area contributed by atoms with Crippen molar-refractivity contribution in [2.45, 2.75) is 46.0 Å². The molecule has 0 aliphatic carbocycles. The summed E-state index contributed by atoms with van der Waals surface area (Å²) in [6.45, 7) is 6.54. The summed E-state index contributed by atoms with van der Waals surface area (Å²) in [7, 11) is 0. The van der Waals surface area contributed by atoms with E-state index in [1.165, 1.54) is 44.4 Å². The maximum Gasteiger partial charge on any atom is 0.319 e. The molecule has 1 fully saturated rings. The second-order valence-corrected chi connectivity index (χ2v) is 9.14. The zero-order chi connectivity index (χ0) is 24.5. The summed E-state index contributed by atoms with van der Waals surface area (Å²) in [4.78, 5) is 38.1. The average Bonchev–Trinajstić information content (AvgIpc) is 2.80. The Morgan fingerprint density at radius 2 is 1.68 bits per heavy atom. The second kappa shape index (κ2) is 12.4. The van der Waals surface area contributed by atoms with Crippen molar-refractivity contribution in [3.63, 3.8) is 0 Å². The fourth-order valence-electron chi connectivity index (χ4n) is 4.42. The molecule has 7 heteroatoms. The van der Waals surface area contributed by atoms with Crippen LogP contribution in [0.1, 0.15) is 65.8 Å². The van der Waals surface area contributed by atoms with E-state index in [1.54, 1.807) is 18.2 Å². The van der Waals surface area contributed by atoms with Crippen LogP contribution in [0.2, 0.25) is 0 Å². The van der Waals surface area contributed by atoms with Crippen LogP contribution in [0.25, 0.3) is 0 Å². The van der Waals surface area contributed by atoms with Crippen LogP contribution in [0.15, 0.2) is 42.5 Å². The largest absolute Gasteiger partial charge is 0.338 e. The van der Waals surface area contributed by atoms with Gasteiger partial charge in [-0.25, -0.2) is 9.18 Å². The third kappa shape index (κ3) is 8.06. The minimum absolute atomic E-state index is 0.163. The second-order valence-electron chi connectivity index (χ2n) is 9.14. The average molecular weight is 468 g/mol. The van der Waals surface area contributed by atoms with Crippen LogP contribution in [0.5, 0.6) is 0 Å². The van der Waals surface area contributed by atoms with E-state index in [4.69, 9.17) is 0 Å². The summed E-state index contributed by atoms with van der Waals surface area (Å²) in [5.41, 5.74) is 2.40. The number of urea groups is 1. The molecule has 1 saturated heterocycles. The Balaban J connectivity index is 1.37. The van der Waals surface area contributed by atoms with Crippen LogP contribution in [0.4, 0.5) is 14.9 Å². The lowest BCUT2D eigenvalue weighted by Gasteiger charge is -2.32. The van der Waals surface area contributed by atoms with E-state index in [0.29, 0.717) is 29.3 Å². The van der Waals surface area contributed by atoms with Crippen molar-refractivity contribution in [3.8, 4) is 0 Å². The Hall–Kier alpha value is -3.06. The van der Waals surface area contributed by atoms with Gasteiger partial charge in [-0.15, -0.1) is 0 Å². The molecule has 0 radical (unpaired) electrons. The van der Waals surface area contributed by atoms with Gasteiger partial charge in [-0.3, -0.25) is 9.59 Å². The maximum absolute atomic E-state index is 13.1. The predicted molar refractivity (Wildman–Crippen MR) is 132 cm³/mol. The van der Waals surface area contributed by atoms with Crippen LogP contribution in [0, 0.1) is 11.7 Å². The zero-order valence-electron chi connectivity index (χ0n) is 20.0. The summed E-state index contributed by atoms with van der Waals surface area (Å²) < 4.78 is 13.1. The number of benzene rings is 2. The van der Waals surface area contributed by atoms with Gasteiger partial charge < -0.3 is 15.5 Å². The predicted octanol–water partition coefficient (Wildman–Crippen LogP) is 5.09. The van der Waals surface area contributed by atoms with Gasteiger partial charge in [-0.1, -0.05) is 12.1 Å². The number of piperidine rings is 1. The lowest BCUT2D eigenvalue weighted by Crippen LogP contribution is -2.37. The van der Waals surface area contributed by atoms with Gasteiger partial charge in [0.1, 0.15) is 5.82 Å². The Morgan fingerprint density at radius 1 is 1.00 bits per heavy atom. The molecule has 0 aromatic heterocycles. The number of hydrogen-bond donors (Lipinski definition) is 2. The van der Waals surface area contributed by atoms with Gasteiger partial charge >= 0.3 is 6.03 Å². The van der Waals surface area contributed by atoms with E-state index in [0.717, 1.165) is 38.9 Å². The molecule has 2 aromatic carbocycles. The number of halogens is 1. The number of carbonyl (C=O) groups is 3. The minimum atomic E-state index is -0.354. The summed E-state index contributed by atoms with van der Waals surface area (Å²) in [5, 5.41) is 5.56. The Labute approximate surface area is 200 Å². The number of unbranched alkanes of at least 4 members (excludes halogenated alkanes) is 1. The van der Waals surface area contributed by atoms with Gasteiger partial charge in [0.2, 0.25) is 0 Å². The van der Waals surface area contributed by atoms with Crippen LogP contribution in [-0.2, 0) is 6.42 Å². The highest BCUT2D eigenvalue weighted by molar-refractivity contribution is 6.02. The molecule has 1 aliphatic rings. The van der Waals surface area contributed by atoms with E-state index in [-0.39, 0.29) is 23.4 Å². The summed E-state index contributed by atoms with van der Waals surface area (Å²) in [6, 6.07) is 11.2. The van der Waals surface area contributed by atoms with E-state index < -0.39 is 0 Å². The number of nitrogens with zero attached hydrogens (tertiary/aromatic N) is 1. The van der Waals surface area contributed by atoms with Crippen molar-refractivity contribution in [2.75, 3.05) is 31.5 Å². The van der Waals surface area contributed by atoms with Crippen molar-refractivity contribution >= 4 is 23.3 Å². The fourth-order valence-corrected chi connectivity index (χ4v) is 4.42. The monoisotopic (exact) mass is 467 g/mol. The highest BCUT2D eigenvalue weighted by Crippen LogP contribution is 2.21. The molecular formula is C27H34FN3O3. The molecule has 1 atom stereocenters. The molecule has 182 valence electrons. The van der Waals surface area contributed by atoms with Gasteiger partial charge in [0.25, 0.3) is 0 Å². The van der Waals surface area contributed by atoms with Crippen LogP contribution < -0.4 is 10.6 Å². The first-order valence-electron chi connectivity index (χ1n) is 12.0. The van der Waals surface area contributed by atoms with E-state index in [2.05, 4.69) is 15.5 Å². The molecule has 34 heavy (non-hydrogen) atoms. The molecule has 1 heterocycles. The highest BCUT2D eigenvalue weighted by Gasteiger charge is 2.20. The molecular weight excluding hydrogens is 433 g/mol. The van der Waals surface area contributed by atoms with Crippen LogP contribution in [-0.4, -0.2) is 48.7 Å². The molecule has 0 saturated carbocycles. The molecule has 2 amide bonds. The smallest absolute Gasteiger partial charge is 0.319 e. The number of carbonyl (C=O) groups excluding carboxylic acids is 3. The van der Waals surface area contributed by atoms with Crippen molar-refractivity contribution < 1.29 is 18.8 Å².